The standard InChI is InChI=1S/C31H33Cl2N3O2.ClH/c1-21-19-24(34-30(37)27-9-2-3-10-28(27)33)12-13-26(21)31(38)36-25(15-18-35-16-4-5-17-35)8-6-7-22-20-23(32)11-14-29(22)36;/h2-3,9-14,19-20,25H,4-8,15-18H2,1H3,(H,34,37);1H. The van der Waals surface area contributed by atoms with E-state index in [-0.39, 0.29) is 30.3 Å². The van der Waals surface area contributed by atoms with E-state index < -0.39 is 0 Å². The summed E-state index contributed by atoms with van der Waals surface area (Å²) in [5.41, 5.74) is 4.56. The number of anilines is 2. The molecule has 39 heavy (non-hydrogen) atoms. The Kier molecular flexibility index (Phi) is 9.95. The van der Waals surface area contributed by atoms with E-state index in [0.29, 0.717) is 26.9 Å². The van der Waals surface area contributed by atoms with Crippen LogP contribution in [-0.2, 0) is 6.42 Å². The molecular formula is C31H34Cl3N3O2. The highest BCUT2D eigenvalue weighted by Gasteiger charge is 2.31. The van der Waals surface area contributed by atoms with Crippen LogP contribution in [0.25, 0.3) is 0 Å². The van der Waals surface area contributed by atoms with Crippen molar-refractivity contribution in [2.24, 2.45) is 0 Å². The summed E-state index contributed by atoms with van der Waals surface area (Å²) >= 11 is 12.5. The van der Waals surface area contributed by atoms with Gasteiger partial charge in [0.15, 0.2) is 0 Å². The Balaban J connectivity index is 0.00000353. The molecule has 1 unspecified atom stereocenters. The third-order valence-corrected chi connectivity index (χ3v) is 8.24. The molecule has 0 aliphatic carbocycles. The van der Waals surface area contributed by atoms with Gasteiger partial charge in [-0.1, -0.05) is 35.3 Å². The molecule has 0 radical (unpaired) electrons. The lowest BCUT2D eigenvalue weighted by atomic mass is 10.0. The molecular weight excluding hydrogens is 553 g/mol. The van der Waals surface area contributed by atoms with Gasteiger partial charge in [0.2, 0.25) is 0 Å². The molecule has 8 heteroatoms. The van der Waals surface area contributed by atoms with Crippen LogP contribution >= 0.6 is 35.6 Å². The monoisotopic (exact) mass is 585 g/mol. The van der Waals surface area contributed by atoms with Crippen LogP contribution in [0.4, 0.5) is 11.4 Å². The zero-order chi connectivity index (χ0) is 26.6. The summed E-state index contributed by atoms with van der Waals surface area (Å²) in [5, 5.41) is 4.00. The highest BCUT2D eigenvalue weighted by Crippen LogP contribution is 2.35. The van der Waals surface area contributed by atoms with Crippen molar-refractivity contribution < 1.29 is 9.59 Å². The predicted molar refractivity (Wildman–Crippen MR) is 163 cm³/mol. The SMILES string of the molecule is Cc1cc(NC(=O)c2ccccc2Cl)ccc1C(=O)N1c2ccc(Cl)cc2CCCC1CCN1CCCC1.Cl. The van der Waals surface area contributed by atoms with Crippen molar-refractivity contribution in [3.8, 4) is 0 Å². The lowest BCUT2D eigenvalue weighted by Gasteiger charge is -2.33. The Labute approximate surface area is 246 Å². The van der Waals surface area contributed by atoms with Gasteiger partial charge in [-0.15, -0.1) is 12.4 Å². The maximum atomic E-state index is 14.2. The molecule has 2 aliphatic rings. The van der Waals surface area contributed by atoms with Crippen LogP contribution in [0, 0.1) is 6.92 Å². The van der Waals surface area contributed by atoms with Crippen molar-refractivity contribution in [3.63, 3.8) is 0 Å². The fourth-order valence-corrected chi connectivity index (χ4v) is 6.10. The third-order valence-electron chi connectivity index (χ3n) is 7.68. The number of aryl methyl sites for hydroxylation is 2. The predicted octanol–water partition coefficient (Wildman–Crippen LogP) is 7.81. The molecule has 1 fully saturated rings. The van der Waals surface area contributed by atoms with Crippen molar-refractivity contribution in [2.45, 2.75) is 51.5 Å². The third kappa shape index (κ3) is 6.78. The van der Waals surface area contributed by atoms with Gasteiger partial charge < -0.3 is 15.1 Å². The van der Waals surface area contributed by atoms with Crippen LogP contribution in [-0.4, -0.2) is 42.4 Å². The fraction of sp³-hybridized carbons (Fsp3) is 0.355. The topological polar surface area (TPSA) is 52.7 Å². The molecule has 0 bridgehead atoms. The molecule has 3 aromatic rings. The van der Waals surface area contributed by atoms with Crippen molar-refractivity contribution in [3.05, 3.63) is 93.0 Å². The number of rotatable bonds is 6. The zero-order valence-corrected chi connectivity index (χ0v) is 24.4. The summed E-state index contributed by atoms with van der Waals surface area (Å²) in [4.78, 5) is 31.5. The first kappa shape index (κ1) is 29.4. The average Bonchev–Trinajstić information content (AvgIpc) is 3.35. The van der Waals surface area contributed by atoms with Crippen LogP contribution in [0.1, 0.15) is 63.9 Å². The number of carbonyl (C=O) groups is 2. The number of hydrogen-bond acceptors (Lipinski definition) is 3. The van der Waals surface area contributed by atoms with E-state index in [2.05, 4.69) is 10.2 Å². The maximum Gasteiger partial charge on any atom is 0.258 e. The van der Waals surface area contributed by atoms with Crippen LogP contribution in [0.15, 0.2) is 60.7 Å². The molecule has 5 rings (SSSR count). The second-order valence-electron chi connectivity index (χ2n) is 10.3. The minimum Gasteiger partial charge on any atom is -0.322 e. The van der Waals surface area contributed by atoms with Gasteiger partial charge in [0.1, 0.15) is 0 Å². The summed E-state index contributed by atoms with van der Waals surface area (Å²) in [7, 11) is 0. The molecule has 1 N–H and O–H groups in total. The lowest BCUT2D eigenvalue weighted by molar-refractivity contribution is 0.0971. The van der Waals surface area contributed by atoms with Crippen LogP contribution in [0.5, 0.6) is 0 Å². The van der Waals surface area contributed by atoms with E-state index in [9.17, 15) is 9.59 Å². The van der Waals surface area contributed by atoms with E-state index in [4.69, 9.17) is 23.2 Å². The molecule has 0 spiro atoms. The fourth-order valence-electron chi connectivity index (χ4n) is 5.68. The Morgan fingerprint density at radius 3 is 2.46 bits per heavy atom. The van der Waals surface area contributed by atoms with Gasteiger partial charge in [-0.3, -0.25) is 9.59 Å². The van der Waals surface area contributed by atoms with Gasteiger partial charge in [0.05, 0.1) is 10.6 Å². The number of amides is 2. The number of halogens is 3. The minimum atomic E-state index is -0.283. The van der Waals surface area contributed by atoms with E-state index in [1.54, 1.807) is 30.3 Å². The van der Waals surface area contributed by atoms with Crippen molar-refractivity contribution >= 4 is 58.8 Å². The van der Waals surface area contributed by atoms with Crippen molar-refractivity contribution in [2.75, 3.05) is 29.9 Å². The van der Waals surface area contributed by atoms with Crippen LogP contribution in [0.2, 0.25) is 10.0 Å². The van der Waals surface area contributed by atoms with Gasteiger partial charge in [-0.25, -0.2) is 0 Å². The molecule has 0 saturated carbocycles. The number of nitrogens with zero attached hydrogens (tertiary/aromatic N) is 2. The maximum absolute atomic E-state index is 14.2. The molecule has 1 atom stereocenters. The van der Waals surface area contributed by atoms with Gasteiger partial charge in [-0.05, 0) is 118 Å². The van der Waals surface area contributed by atoms with E-state index in [0.717, 1.165) is 62.1 Å². The van der Waals surface area contributed by atoms with Crippen molar-refractivity contribution in [1.82, 2.24) is 4.90 Å². The van der Waals surface area contributed by atoms with Crippen molar-refractivity contribution in [1.29, 1.82) is 0 Å². The number of likely N-dealkylation sites (tertiary alicyclic amines) is 1. The van der Waals surface area contributed by atoms with Gasteiger partial charge in [-0.2, -0.15) is 0 Å². The lowest BCUT2D eigenvalue weighted by Crippen LogP contribution is -2.42. The second-order valence-corrected chi connectivity index (χ2v) is 11.1. The molecule has 206 valence electrons. The molecule has 3 aromatic carbocycles. The van der Waals surface area contributed by atoms with Gasteiger partial charge >= 0.3 is 0 Å². The summed E-state index contributed by atoms with van der Waals surface area (Å²) in [6.45, 7) is 5.21. The summed E-state index contributed by atoms with van der Waals surface area (Å²) in [6, 6.07) is 18.4. The summed E-state index contributed by atoms with van der Waals surface area (Å²) < 4.78 is 0. The first-order chi connectivity index (χ1) is 18.4. The molecule has 5 nitrogen and oxygen atoms in total. The molecule has 0 aromatic heterocycles. The summed E-state index contributed by atoms with van der Waals surface area (Å²) in [5.74, 6) is -0.294. The summed E-state index contributed by atoms with van der Waals surface area (Å²) in [6.07, 6.45) is 6.34. The quantitative estimate of drug-likeness (QED) is 0.320. The number of carbonyl (C=O) groups excluding carboxylic acids is 2. The molecule has 2 aliphatic heterocycles. The first-order valence-corrected chi connectivity index (χ1v) is 14.2. The molecule has 2 heterocycles. The average molecular weight is 587 g/mol. The largest absolute Gasteiger partial charge is 0.322 e. The Morgan fingerprint density at radius 1 is 0.949 bits per heavy atom. The van der Waals surface area contributed by atoms with Gasteiger partial charge in [0, 0.05) is 34.5 Å². The Morgan fingerprint density at radius 2 is 1.72 bits per heavy atom. The number of benzene rings is 3. The van der Waals surface area contributed by atoms with Gasteiger partial charge in [0.25, 0.3) is 11.8 Å². The Hall–Kier alpha value is -2.57. The van der Waals surface area contributed by atoms with E-state index in [1.165, 1.54) is 12.8 Å². The molecule has 2 amide bonds. The number of nitrogens with one attached hydrogen (secondary N) is 1. The highest BCUT2D eigenvalue weighted by atomic mass is 35.5. The highest BCUT2D eigenvalue weighted by molar-refractivity contribution is 6.34. The number of fused-ring (bicyclic) bond motifs is 1. The Bertz CT molecular complexity index is 1340. The van der Waals surface area contributed by atoms with E-state index >= 15 is 0 Å². The van der Waals surface area contributed by atoms with Crippen LogP contribution in [0.3, 0.4) is 0 Å². The van der Waals surface area contributed by atoms with E-state index in [1.807, 2.05) is 42.2 Å². The first-order valence-electron chi connectivity index (χ1n) is 13.4. The smallest absolute Gasteiger partial charge is 0.258 e. The second kappa shape index (κ2) is 13.2. The normalized spacial score (nSPS) is 17.2. The zero-order valence-electron chi connectivity index (χ0n) is 22.1. The minimum absolute atomic E-state index is 0. The number of hydrogen-bond donors (Lipinski definition) is 1. The molecule has 1 saturated heterocycles. The van der Waals surface area contributed by atoms with Crippen LogP contribution < -0.4 is 10.2 Å².